The first-order valence-electron chi connectivity index (χ1n) is 3.27. The molecule has 0 aliphatic heterocycles. The number of aliphatic hydroxyl groups excluding tert-OH is 1. The van der Waals surface area contributed by atoms with E-state index in [2.05, 4.69) is 9.47 Å². The lowest BCUT2D eigenvalue weighted by atomic mass is 10.4. The standard InChI is InChI=1S/C7H10O5/c1-3-12-6(9)4-5(8)7(10)11-2/h4,8H,3H2,1-2H3/b5-4-. The van der Waals surface area contributed by atoms with Crippen molar-refractivity contribution in [1.82, 2.24) is 0 Å². The average molecular weight is 174 g/mol. The Morgan fingerprint density at radius 1 is 1.50 bits per heavy atom. The second kappa shape index (κ2) is 5.17. The summed E-state index contributed by atoms with van der Waals surface area (Å²) >= 11 is 0. The van der Waals surface area contributed by atoms with Crippen LogP contribution in [0.5, 0.6) is 0 Å². The molecule has 0 heterocycles. The highest BCUT2D eigenvalue weighted by molar-refractivity contribution is 5.94. The number of rotatable bonds is 3. The van der Waals surface area contributed by atoms with Crippen molar-refractivity contribution in [2.45, 2.75) is 6.92 Å². The largest absolute Gasteiger partial charge is 0.502 e. The fourth-order valence-electron chi connectivity index (χ4n) is 0.459. The molecule has 0 aliphatic rings. The molecule has 0 amide bonds. The van der Waals surface area contributed by atoms with Crippen LogP contribution < -0.4 is 0 Å². The van der Waals surface area contributed by atoms with Crippen LogP contribution in [0.15, 0.2) is 11.8 Å². The van der Waals surface area contributed by atoms with E-state index in [0.29, 0.717) is 6.08 Å². The van der Waals surface area contributed by atoms with Gasteiger partial charge in [0.25, 0.3) is 0 Å². The van der Waals surface area contributed by atoms with E-state index in [-0.39, 0.29) is 6.61 Å². The number of hydrogen-bond donors (Lipinski definition) is 1. The van der Waals surface area contributed by atoms with Crippen LogP contribution in [-0.2, 0) is 19.1 Å². The second-order valence-corrected chi connectivity index (χ2v) is 1.77. The van der Waals surface area contributed by atoms with E-state index in [4.69, 9.17) is 5.11 Å². The maximum atomic E-state index is 10.6. The first-order chi connectivity index (χ1) is 5.61. The number of carbonyl (C=O) groups is 2. The highest BCUT2D eigenvalue weighted by Crippen LogP contribution is 1.92. The lowest BCUT2D eigenvalue weighted by Crippen LogP contribution is -2.08. The van der Waals surface area contributed by atoms with Gasteiger partial charge in [-0.25, -0.2) is 9.59 Å². The van der Waals surface area contributed by atoms with Crippen molar-refractivity contribution in [2.75, 3.05) is 13.7 Å². The maximum Gasteiger partial charge on any atom is 0.373 e. The Hall–Kier alpha value is -1.52. The molecule has 0 saturated carbocycles. The van der Waals surface area contributed by atoms with Crippen molar-refractivity contribution < 1.29 is 24.2 Å². The highest BCUT2D eigenvalue weighted by Gasteiger charge is 2.09. The van der Waals surface area contributed by atoms with Gasteiger partial charge in [-0.1, -0.05) is 0 Å². The van der Waals surface area contributed by atoms with Gasteiger partial charge in [0.15, 0.2) is 0 Å². The van der Waals surface area contributed by atoms with Gasteiger partial charge in [-0.05, 0) is 6.92 Å². The van der Waals surface area contributed by atoms with Crippen LogP contribution in [0, 0.1) is 0 Å². The van der Waals surface area contributed by atoms with E-state index in [1.54, 1.807) is 6.92 Å². The zero-order chi connectivity index (χ0) is 9.56. The molecule has 5 heteroatoms. The van der Waals surface area contributed by atoms with Crippen molar-refractivity contribution in [3.63, 3.8) is 0 Å². The molecule has 0 spiro atoms. The van der Waals surface area contributed by atoms with Gasteiger partial charge >= 0.3 is 11.9 Å². The summed E-state index contributed by atoms with van der Waals surface area (Å²) in [4.78, 5) is 21.1. The van der Waals surface area contributed by atoms with E-state index < -0.39 is 17.7 Å². The molecule has 0 atom stereocenters. The molecule has 1 N–H and O–H groups in total. The average Bonchev–Trinajstić information content (AvgIpc) is 2.03. The Morgan fingerprint density at radius 2 is 2.08 bits per heavy atom. The van der Waals surface area contributed by atoms with Crippen LogP contribution in [0.25, 0.3) is 0 Å². The van der Waals surface area contributed by atoms with Gasteiger partial charge in [-0.15, -0.1) is 0 Å². The maximum absolute atomic E-state index is 10.6. The summed E-state index contributed by atoms with van der Waals surface area (Å²) in [6.07, 6.45) is 0.662. The SMILES string of the molecule is CCOC(=O)/C=C(\O)C(=O)OC. The van der Waals surface area contributed by atoms with Crippen LogP contribution in [0.3, 0.4) is 0 Å². The zero-order valence-corrected chi connectivity index (χ0v) is 6.86. The Bertz CT molecular complexity index is 206. The summed E-state index contributed by atoms with van der Waals surface area (Å²) in [5, 5.41) is 8.80. The molecular formula is C7H10O5. The predicted molar refractivity (Wildman–Crippen MR) is 39.4 cm³/mol. The molecule has 0 radical (unpaired) electrons. The summed E-state index contributed by atoms with van der Waals surface area (Å²) in [6, 6.07) is 0. The van der Waals surface area contributed by atoms with Crippen molar-refractivity contribution in [2.24, 2.45) is 0 Å². The molecule has 0 aromatic rings. The highest BCUT2D eigenvalue weighted by atomic mass is 16.5. The van der Waals surface area contributed by atoms with Gasteiger partial charge in [0.1, 0.15) is 0 Å². The molecule has 0 unspecified atom stereocenters. The second-order valence-electron chi connectivity index (χ2n) is 1.77. The fraction of sp³-hybridized carbons (Fsp3) is 0.429. The minimum atomic E-state index is -0.969. The van der Waals surface area contributed by atoms with E-state index >= 15 is 0 Å². The van der Waals surface area contributed by atoms with Crippen molar-refractivity contribution in [3.8, 4) is 0 Å². The van der Waals surface area contributed by atoms with Crippen molar-refractivity contribution in [3.05, 3.63) is 11.8 Å². The summed E-state index contributed by atoms with van der Waals surface area (Å²) in [6.45, 7) is 1.80. The van der Waals surface area contributed by atoms with Crippen LogP contribution >= 0.6 is 0 Å². The summed E-state index contributed by atoms with van der Waals surface area (Å²) in [7, 11) is 1.09. The number of esters is 2. The van der Waals surface area contributed by atoms with Crippen molar-refractivity contribution in [1.29, 1.82) is 0 Å². The number of ether oxygens (including phenoxy) is 2. The number of hydrogen-bond acceptors (Lipinski definition) is 5. The molecule has 5 nitrogen and oxygen atoms in total. The van der Waals surface area contributed by atoms with E-state index in [1.165, 1.54) is 0 Å². The molecule has 0 aliphatic carbocycles. The molecule has 0 bridgehead atoms. The third-order valence-corrected chi connectivity index (χ3v) is 0.936. The molecule has 12 heavy (non-hydrogen) atoms. The monoisotopic (exact) mass is 174 g/mol. The lowest BCUT2D eigenvalue weighted by molar-refractivity contribution is -0.141. The van der Waals surface area contributed by atoms with Gasteiger partial charge in [0.05, 0.1) is 19.8 Å². The molecule has 0 fully saturated rings. The first-order valence-corrected chi connectivity index (χ1v) is 3.27. The van der Waals surface area contributed by atoms with E-state index in [1.807, 2.05) is 0 Å². The number of carbonyl (C=O) groups excluding carboxylic acids is 2. The van der Waals surface area contributed by atoms with Gasteiger partial charge in [0.2, 0.25) is 5.76 Å². The van der Waals surface area contributed by atoms with Crippen molar-refractivity contribution >= 4 is 11.9 Å². The van der Waals surface area contributed by atoms with Crippen LogP contribution in [-0.4, -0.2) is 30.8 Å². The zero-order valence-electron chi connectivity index (χ0n) is 6.86. The van der Waals surface area contributed by atoms with Gasteiger partial charge < -0.3 is 14.6 Å². The third-order valence-electron chi connectivity index (χ3n) is 0.936. The summed E-state index contributed by atoms with van der Waals surface area (Å²) in [5.74, 6) is -2.51. The van der Waals surface area contributed by atoms with Gasteiger partial charge in [-0.3, -0.25) is 0 Å². The molecule has 0 saturated heterocycles. The van der Waals surface area contributed by atoms with Crippen LogP contribution in [0.2, 0.25) is 0 Å². The molecule has 0 aromatic heterocycles. The topological polar surface area (TPSA) is 72.8 Å². The predicted octanol–water partition coefficient (Wildman–Crippen LogP) is 0.164. The first kappa shape index (κ1) is 10.5. The van der Waals surface area contributed by atoms with Crippen LogP contribution in [0.1, 0.15) is 6.92 Å². The number of methoxy groups -OCH3 is 1. The van der Waals surface area contributed by atoms with Gasteiger partial charge in [0, 0.05) is 0 Å². The lowest BCUT2D eigenvalue weighted by Gasteiger charge is -1.97. The molecule has 0 aromatic carbocycles. The molecule has 68 valence electrons. The Morgan fingerprint density at radius 3 is 2.50 bits per heavy atom. The van der Waals surface area contributed by atoms with Gasteiger partial charge in [-0.2, -0.15) is 0 Å². The Kier molecular flexibility index (Phi) is 4.52. The normalized spacial score (nSPS) is 10.7. The fourth-order valence-corrected chi connectivity index (χ4v) is 0.459. The van der Waals surface area contributed by atoms with E-state index in [9.17, 15) is 9.59 Å². The minimum absolute atomic E-state index is 0.184. The smallest absolute Gasteiger partial charge is 0.373 e. The quantitative estimate of drug-likeness (QED) is 0.375. The third kappa shape index (κ3) is 3.60. The summed E-state index contributed by atoms with van der Waals surface area (Å²) < 4.78 is 8.55. The van der Waals surface area contributed by atoms with E-state index in [0.717, 1.165) is 7.11 Å². The Labute approximate surface area is 69.6 Å². The molecular weight excluding hydrogens is 164 g/mol. The Balaban J connectivity index is 4.15. The number of aliphatic hydroxyl groups is 1. The van der Waals surface area contributed by atoms with Crippen LogP contribution in [0.4, 0.5) is 0 Å². The summed E-state index contributed by atoms with van der Waals surface area (Å²) in [5.41, 5.74) is 0. The minimum Gasteiger partial charge on any atom is -0.502 e. The molecule has 0 rings (SSSR count).